The van der Waals surface area contributed by atoms with Crippen molar-refractivity contribution in [1.29, 1.82) is 0 Å². The number of carbonyl (C=O) groups is 2. The van der Waals surface area contributed by atoms with Gasteiger partial charge in [-0.25, -0.2) is 0 Å². The number of hydrogen-bond acceptors (Lipinski definition) is 2. The Hall–Kier alpha value is -1.84. The molecule has 0 saturated carbocycles. The van der Waals surface area contributed by atoms with Gasteiger partial charge in [0, 0.05) is 24.6 Å². The van der Waals surface area contributed by atoms with Crippen LogP contribution in [0.2, 0.25) is 0 Å². The lowest BCUT2D eigenvalue weighted by atomic mass is 9.95. The van der Waals surface area contributed by atoms with Crippen LogP contribution in [0.3, 0.4) is 0 Å². The van der Waals surface area contributed by atoms with Gasteiger partial charge in [0.1, 0.15) is 0 Å². The predicted octanol–water partition coefficient (Wildman–Crippen LogP) is 2.35. The molecule has 4 nitrogen and oxygen atoms in total. The van der Waals surface area contributed by atoms with Gasteiger partial charge in [0.25, 0.3) is 0 Å². The third kappa shape index (κ3) is 5.55. The number of benzene rings is 1. The lowest BCUT2D eigenvalue weighted by molar-refractivity contribution is -0.128. The number of nitrogens with one attached hydrogen (secondary N) is 2. The second kappa shape index (κ2) is 6.36. The predicted molar refractivity (Wildman–Crippen MR) is 76.9 cm³/mol. The van der Waals surface area contributed by atoms with E-state index in [0.29, 0.717) is 6.54 Å². The molecule has 0 fully saturated rings. The normalized spacial score (nSPS) is 10.9. The topological polar surface area (TPSA) is 58.2 Å². The Bertz CT molecular complexity index is 444. The molecule has 0 heterocycles. The Labute approximate surface area is 114 Å². The molecule has 104 valence electrons. The van der Waals surface area contributed by atoms with Gasteiger partial charge in [-0.1, -0.05) is 32.9 Å². The van der Waals surface area contributed by atoms with E-state index in [1.807, 2.05) is 45.0 Å². The van der Waals surface area contributed by atoms with Crippen LogP contribution in [0.15, 0.2) is 24.3 Å². The third-order valence-corrected chi connectivity index (χ3v) is 2.65. The zero-order valence-corrected chi connectivity index (χ0v) is 12.0. The number of hydrogen-bond donors (Lipinski definition) is 2. The summed E-state index contributed by atoms with van der Waals surface area (Å²) in [6.07, 6.45) is 0.780. The van der Waals surface area contributed by atoms with Gasteiger partial charge in [-0.15, -0.1) is 0 Å². The van der Waals surface area contributed by atoms with Crippen molar-refractivity contribution < 1.29 is 9.59 Å². The SMILES string of the molecule is CC(=O)Nc1ccc(CCNC(=O)C(C)(C)C)cc1. The quantitative estimate of drug-likeness (QED) is 0.875. The first-order valence-electron chi connectivity index (χ1n) is 6.44. The Morgan fingerprint density at radius 3 is 2.16 bits per heavy atom. The van der Waals surface area contributed by atoms with E-state index in [9.17, 15) is 9.59 Å². The maximum Gasteiger partial charge on any atom is 0.225 e. The molecule has 4 heteroatoms. The Kier molecular flexibility index (Phi) is 5.10. The summed E-state index contributed by atoms with van der Waals surface area (Å²) < 4.78 is 0. The summed E-state index contributed by atoms with van der Waals surface area (Å²) in [6.45, 7) is 7.78. The van der Waals surface area contributed by atoms with Crippen molar-refractivity contribution in [3.8, 4) is 0 Å². The van der Waals surface area contributed by atoms with Crippen LogP contribution in [0.4, 0.5) is 5.69 Å². The molecule has 0 bridgehead atoms. The lowest BCUT2D eigenvalue weighted by Gasteiger charge is -2.17. The maximum absolute atomic E-state index is 11.7. The lowest BCUT2D eigenvalue weighted by Crippen LogP contribution is -2.35. The fourth-order valence-electron chi connectivity index (χ4n) is 1.54. The van der Waals surface area contributed by atoms with Gasteiger partial charge in [-0.3, -0.25) is 9.59 Å². The molecule has 2 amide bonds. The summed E-state index contributed by atoms with van der Waals surface area (Å²) in [6, 6.07) is 7.63. The minimum atomic E-state index is -0.352. The molecule has 0 radical (unpaired) electrons. The molecule has 0 unspecified atom stereocenters. The summed E-state index contributed by atoms with van der Waals surface area (Å²) in [5.74, 6) is -0.0208. The van der Waals surface area contributed by atoms with Crippen LogP contribution < -0.4 is 10.6 Å². The molecule has 2 N–H and O–H groups in total. The van der Waals surface area contributed by atoms with Crippen LogP contribution in [0.25, 0.3) is 0 Å². The highest BCUT2D eigenvalue weighted by Crippen LogP contribution is 2.13. The summed E-state index contributed by atoms with van der Waals surface area (Å²) in [4.78, 5) is 22.6. The highest BCUT2D eigenvalue weighted by atomic mass is 16.2. The zero-order valence-electron chi connectivity index (χ0n) is 12.0. The molecular weight excluding hydrogens is 240 g/mol. The van der Waals surface area contributed by atoms with Crippen molar-refractivity contribution in [3.63, 3.8) is 0 Å². The van der Waals surface area contributed by atoms with Gasteiger partial charge in [0.05, 0.1) is 0 Å². The highest BCUT2D eigenvalue weighted by Gasteiger charge is 2.20. The van der Waals surface area contributed by atoms with E-state index in [2.05, 4.69) is 10.6 Å². The van der Waals surface area contributed by atoms with Crippen molar-refractivity contribution >= 4 is 17.5 Å². The van der Waals surface area contributed by atoms with Crippen LogP contribution in [0.1, 0.15) is 33.3 Å². The second-order valence-electron chi connectivity index (χ2n) is 5.63. The number of carbonyl (C=O) groups excluding carboxylic acids is 2. The molecular formula is C15H22N2O2. The Morgan fingerprint density at radius 2 is 1.68 bits per heavy atom. The minimum absolute atomic E-state index is 0.0577. The first kappa shape index (κ1) is 15.2. The van der Waals surface area contributed by atoms with Gasteiger partial charge in [-0.2, -0.15) is 0 Å². The fraction of sp³-hybridized carbons (Fsp3) is 0.467. The van der Waals surface area contributed by atoms with Crippen LogP contribution in [0.5, 0.6) is 0 Å². The number of amides is 2. The molecule has 1 rings (SSSR count). The highest BCUT2D eigenvalue weighted by molar-refractivity contribution is 5.88. The molecule has 1 aromatic rings. The molecule has 0 aliphatic heterocycles. The average molecular weight is 262 g/mol. The molecule has 0 saturated heterocycles. The molecule has 19 heavy (non-hydrogen) atoms. The molecule has 0 aromatic heterocycles. The van der Waals surface area contributed by atoms with Gasteiger partial charge < -0.3 is 10.6 Å². The van der Waals surface area contributed by atoms with Crippen molar-refractivity contribution in [2.24, 2.45) is 5.41 Å². The number of anilines is 1. The fourth-order valence-corrected chi connectivity index (χ4v) is 1.54. The van der Waals surface area contributed by atoms with Crippen LogP contribution in [0, 0.1) is 5.41 Å². The first-order chi connectivity index (χ1) is 8.79. The minimum Gasteiger partial charge on any atom is -0.355 e. The van der Waals surface area contributed by atoms with E-state index in [0.717, 1.165) is 17.7 Å². The summed E-state index contributed by atoms with van der Waals surface area (Å²) in [5.41, 5.74) is 1.56. The summed E-state index contributed by atoms with van der Waals surface area (Å²) in [7, 11) is 0. The third-order valence-electron chi connectivity index (χ3n) is 2.65. The maximum atomic E-state index is 11.7. The average Bonchev–Trinajstić information content (AvgIpc) is 2.29. The van der Waals surface area contributed by atoms with Crippen LogP contribution >= 0.6 is 0 Å². The van der Waals surface area contributed by atoms with E-state index in [-0.39, 0.29) is 17.2 Å². The van der Waals surface area contributed by atoms with Crippen molar-refractivity contribution in [2.45, 2.75) is 34.1 Å². The van der Waals surface area contributed by atoms with E-state index in [4.69, 9.17) is 0 Å². The monoisotopic (exact) mass is 262 g/mol. The van der Waals surface area contributed by atoms with Crippen molar-refractivity contribution in [2.75, 3.05) is 11.9 Å². The van der Waals surface area contributed by atoms with Gasteiger partial charge in [-0.05, 0) is 24.1 Å². The molecule has 0 spiro atoms. The smallest absolute Gasteiger partial charge is 0.225 e. The summed E-state index contributed by atoms with van der Waals surface area (Å²) in [5, 5.41) is 5.63. The van der Waals surface area contributed by atoms with E-state index in [1.54, 1.807) is 0 Å². The molecule has 0 aliphatic rings. The van der Waals surface area contributed by atoms with Crippen molar-refractivity contribution in [1.82, 2.24) is 5.32 Å². The standard InChI is InChI=1S/C15H22N2O2/c1-11(18)17-13-7-5-12(6-8-13)9-10-16-14(19)15(2,3)4/h5-8H,9-10H2,1-4H3,(H,16,19)(H,17,18). The van der Waals surface area contributed by atoms with Gasteiger partial charge in [0.15, 0.2) is 0 Å². The Balaban J connectivity index is 2.42. The zero-order chi connectivity index (χ0) is 14.5. The van der Waals surface area contributed by atoms with E-state index in [1.165, 1.54) is 6.92 Å². The van der Waals surface area contributed by atoms with Gasteiger partial charge in [0.2, 0.25) is 11.8 Å². The van der Waals surface area contributed by atoms with Crippen LogP contribution in [-0.2, 0) is 16.0 Å². The molecule has 0 aliphatic carbocycles. The van der Waals surface area contributed by atoms with E-state index >= 15 is 0 Å². The van der Waals surface area contributed by atoms with Crippen LogP contribution in [-0.4, -0.2) is 18.4 Å². The first-order valence-corrected chi connectivity index (χ1v) is 6.44. The molecule has 0 atom stereocenters. The van der Waals surface area contributed by atoms with Gasteiger partial charge >= 0.3 is 0 Å². The second-order valence-corrected chi connectivity index (χ2v) is 5.63. The van der Waals surface area contributed by atoms with Crippen molar-refractivity contribution in [3.05, 3.63) is 29.8 Å². The van der Waals surface area contributed by atoms with E-state index < -0.39 is 0 Å². The molecule has 1 aromatic carbocycles. The number of rotatable bonds is 4. The largest absolute Gasteiger partial charge is 0.355 e. The summed E-state index contributed by atoms with van der Waals surface area (Å²) >= 11 is 0. The Morgan fingerprint density at radius 1 is 1.11 bits per heavy atom.